The van der Waals surface area contributed by atoms with Gasteiger partial charge in [0, 0.05) is 26.9 Å². The van der Waals surface area contributed by atoms with Gasteiger partial charge in [0.05, 0.1) is 6.42 Å². The first-order valence-corrected chi connectivity index (χ1v) is 12.5. The molecule has 4 rings (SSSR count). The number of carbonyl (C=O) groups excluding carboxylic acids is 1. The van der Waals surface area contributed by atoms with E-state index in [1.165, 1.54) is 11.1 Å². The molecule has 0 bridgehead atoms. The Labute approximate surface area is 210 Å². The highest BCUT2D eigenvalue weighted by Gasteiger charge is 2.11. The lowest BCUT2D eigenvalue weighted by molar-refractivity contribution is -0.115. The Kier molecular flexibility index (Phi) is 8.29. The van der Waals surface area contributed by atoms with E-state index in [0.29, 0.717) is 11.6 Å². The van der Waals surface area contributed by atoms with Crippen LogP contribution < -0.4 is 10.1 Å². The minimum Gasteiger partial charge on any atom is -0.489 e. The van der Waals surface area contributed by atoms with Crippen LogP contribution in [0.4, 0.5) is 5.69 Å². The molecule has 0 radical (unpaired) electrons. The number of nitrogens with one attached hydrogen (secondary N) is 1. The summed E-state index contributed by atoms with van der Waals surface area (Å²) < 4.78 is 6.04. The summed E-state index contributed by atoms with van der Waals surface area (Å²) in [5.41, 5.74) is 5.08. The fourth-order valence-electron chi connectivity index (χ4n) is 3.44. The largest absolute Gasteiger partial charge is 0.489 e. The molecule has 0 aromatic heterocycles. The lowest BCUT2D eigenvalue weighted by Gasteiger charge is -2.14. The molecule has 172 valence electrons. The molecule has 0 saturated heterocycles. The summed E-state index contributed by atoms with van der Waals surface area (Å²) in [6.45, 7) is 2.51. The third kappa shape index (κ3) is 6.89. The van der Waals surface area contributed by atoms with Crippen LogP contribution in [0.15, 0.2) is 102 Å². The third-order valence-electron chi connectivity index (χ3n) is 5.31. The molecule has 3 nitrogen and oxygen atoms in total. The molecular weight excluding hydrogens is 462 g/mol. The molecule has 34 heavy (non-hydrogen) atoms. The van der Waals surface area contributed by atoms with Crippen LogP contribution in [0.1, 0.15) is 22.3 Å². The van der Waals surface area contributed by atoms with Crippen LogP contribution in [-0.4, -0.2) is 5.91 Å². The molecule has 0 aliphatic carbocycles. The third-order valence-corrected chi connectivity index (χ3v) is 6.85. The maximum atomic E-state index is 12.6. The molecule has 1 amide bonds. The Hall–Kier alpha value is -3.21. The number of ether oxygens (including phenoxy) is 1. The lowest BCUT2D eigenvalue weighted by atomic mass is 10.1. The van der Waals surface area contributed by atoms with Gasteiger partial charge in [-0.05, 0) is 48.4 Å². The number of aryl methyl sites for hydroxylation is 1. The van der Waals surface area contributed by atoms with E-state index < -0.39 is 0 Å². The van der Waals surface area contributed by atoms with Gasteiger partial charge in [0.1, 0.15) is 12.4 Å². The molecule has 4 aromatic rings. The molecule has 0 unspecified atom stereocenters. The maximum absolute atomic E-state index is 12.6. The summed E-state index contributed by atoms with van der Waals surface area (Å²) in [7, 11) is 0. The maximum Gasteiger partial charge on any atom is 0.228 e. The van der Waals surface area contributed by atoms with Crippen LogP contribution in [0.25, 0.3) is 0 Å². The Morgan fingerprint density at radius 2 is 1.62 bits per heavy atom. The number of hydrogen-bond donors (Lipinski definition) is 1. The smallest absolute Gasteiger partial charge is 0.228 e. The van der Waals surface area contributed by atoms with E-state index in [0.717, 1.165) is 33.2 Å². The molecular formula is C29H26ClNO2S. The Balaban J connectivity index is 1.49. The number of benzene rings is 4. The molecule has 0 aliphatic rings. The molecule has 0 heterocycles. The zero-order valence-electron chi connectivity index (χ0n) is 19.0. The van der Waals surface area contributed by atoms with Crippen molar-refractivity contribution in [2.24, 2.45) is 0 Å². The van der Waals surface area contributed by atoms with Gasteiger partial charge in [-0.2, -0.15) is 0 Å². The first-order chi connectivity index (χ1) is 16.6. The van der Waals surface area contributed by atoms with Gasteiger partial charge >= 0.3 is 0 Å². The second-order valence-corrected chi connectivity index (χ2v) is 9.44. The molecule has 1 N–H and O–H groups in total. The summed E-state index contributed by atoms with van der Waals surface area (Å²) >= 11 is 7.95. The highest BCUT2D eigenvalue weighted by Crippen LogP contribution is 2.30. The minimum atomic E-state index is -0.101. The highest BCUT2D eigenvalue weighted by molar-refractivity contribution is 7.98. The van der Waals surface area contributed by atoms with Crippen molar-refractivity contribution in [2.45, 2.75) is 30.6 Å². The van der Waals surface area contributed by atoms with E-state index in [1.807, 2.05) is 78.9 Å². The van der Waals surface area contributed by atoms with Crippen molar-refractivity contribution in [3.8, 4) is 5.75 Å². The van der Waals surface area contributed by atoms with Crippen LogP contribution in [0.3, 0.4) is 0 Å². The van der Waals surface area contributed by atoms with Crippen molar-refractivity contribution in [1.82, 2.24) is 0 Å². The van der Waals surface area contributed by atoms with Crippen LogP contribution >= 0.6 is 23.4 Å². The average Bonchev–Trinajstić information content (AvgIpc) is 2.85. The number of thioether (sulfide) groups is 1. The zero-order chi connectivity index (χ0) is 23.8. The Bertz CT molecular complexity index is 1240. The van der Waals surface area contributed by atoms with Crippen molar-refractivity contribution in [2.75, 3.05) is 5.32 Å². The molecule has 0 aliphatic heterocycles. The van der Waals surface area contributed by atoms with E-state index in [9.17, 15) is 4.79 Å². The minimum absolute atomic E-state index is 0.101. The molecule has 5 heteroatoms. The van der Waals surface area contributed by atoms with Gasteiger partial charge in [0.2, 0.25) is 5.91 Å². The van der Waals surface area contributed by atoms with E-state index >= 15 is 0 Å². The molecule has 0 saturated carbocycles. The lowest BCUT2D eigenvalue weighted by Crippen LogP contribution is -2.14. The number of carbonyl (C=O) groups is 1. The van der Waals surface area contributed by atoms with Gasteiger partial charge in [-0.15, -0.1) is 11.8 Å². The number of rotatable bonds is 9. The van der Waals surface area contributed by atoms with Crippen LogP contribution in [0, 0.1) is 6.92 Å². The van der Waals surface area contributed by atoms with Crippen molar-refractivity contribution in [3.63, 3.8) is 0 Å². The normalized spacial score (nSPS) is 10.6. The quantitative estimate of drug-likeness (QED) is 0.246. The average molecular weight is 488 g/mol. The van der Waals surface area contributed by atoms with Crippen molar-refractivity contribution in [3.05, 3.63) is 124 Å². The SMILES string of the molecule is Cc1ccc(OCc2ccc(NC(=O)Cc3ccccc3Cl)cc2SCc2ccccc2)cc1. The highest BCUT2D eigenvalue weighted by atomic mass is 35.5. The van der Waals surface area contributed by atoms with E-state index in [2.05, 4.69) is 24.4 Å². The number of amides is 1. The topological polar surface area (TPSA) is 38.3 Å². The second kappa shape index (κ2) is 11.8. The summed E-state index contributed by atoms with van der Waals surface area (Å²) in [5, 5.41) is 3.61. The summed E-state index contributed by atoms with van der Waals surface area (Å²) in [6.07, 6.45) is 0.227. The summed E-state index contributed by atoms with van der Waals surface area (Å²) in [6, 6.07) is 31.8. The van der Waals surface area contributed by atoms with Gasteiger partial charge in [-0.3, -0.25) is 4.79 Å². The zero-order valence-corrected chi connectivity index (χ0v) is 20.5. The molecule has 0 atom stereocenters. The van der Waals surface area contributed by atoms with Gasteiger partial charge in [-0.1, -0.05) is 83.9 Å². The van der Waals surface area contributed by atoms with E-state index in [4.69, 9.17) is 16.3 Å². The van der Waals surface area contributed by atoms with Crippen molar-refractivity contribution in [1.29, 1.82) is 0 Å². The number of halogens is 1. The van der Waals surface area contributed by atoms with Crippen LogP contribution in [0.2, 0.25) is 5.02 Å². The Morgan fingerprint density at radius 3 is 2.38 bits per heavy atom. The van der Waals surface area contributed by atoms with Gasteiger partial charge < -0.3 is 10.1 Å². The predicted octanol–water partition coefficient (Wildman–Crippen LogP) is 7.70. The first-order valence-electron chi connectivity index (χ1n) is 11.1. The second-order valence-electron chi connectivity index (χ2n) is 8.01. The molecule has 0 fully saturated rings. The van der Waals surface area contributed by atoms with Crippen LogP contribution in [-0.2, 0) is 23.6 Å². The number of anilines is 1. The van der Waals surface area contributed by atoms with Gasteiger partial charge in [0.25, 0.3) is 0 Å². The fraction of sp³-hybridized carbons (Fsp3) is 0.138. The number of hydrogen-bond acceptors (Lipinski definition) is 3. The fourth-order valence-corrected chi connectivity index (χ4v) is 4.68. The monoisotopic (exact) mass is 487 g/mol. The standard InChI is InChI=1S/C29H26ClNO2S/c1-21-11-15-26(16-12-21)33-19-24-13-14-25(18-28(24)34-20-22-7-3-2-4-8-22)31-29(32)17-23-9-5-6-10-27(23)30/h2-16,18H,17,19-20H2,1H3,(H,31,32). The first kappa shape index (κ1) is 23.9. The summed E-state index contributed by atoms with van der Waals surface area (Å²) in [4.78, 5) is 13.7. The van der Waals surface area contributed by atoms with E-state index in [-0.39, 0.29) is 12.3 Å². The summed E-state index contributed by atoms with van der Waals surface area (Å²) in [5.74, 6) is 1.56. The molecule has 4 aromatic carbocycles. The predicted molar refractivity (Wildman–Crippen MR) is 142 cm³/mol. The van der Waals surface area contributed by atoms with E-state index in [1.54, 1.807) is 17.8 Å². The van der Waals surface area contributed by atoms with Crippen molar-refractivity contribution < 1.29 is 9.53 Å². The van der Waals surface area contributed by atoms with Crippen molar-refractivity contribution >= 4 is 35.0 Å². The van der Waals surface area contributed by atoms with Gasteiger partial charge in [0.15, 0.2) is 0 Å². The van der Waals surface area contributed by atoms with Crippen LogP contribution in [0.5, 0.6) is 5.75 Å². The molecule has 0 spiro atoms. The Morgan fingerprint density at radius 1 is 0.882 bits per heavy atom. The van der Waals surface area contributed by atoms with Gasteiger partial charge in [-0.25, -0.2) is 0 Å².